The Balaban J connectivity index is 1.95. The number of hydrogen-bond acceptors (Lipinski definition) is 4. The predicted octanol–water partition coefficient (Wildman–Crippen LogP) is -0.126. The van der Waals surface area contributed by atoms with Crippen LogP contribution < -0.4 is 5.73 Å². The van der Waals surface area contributed by atoms with Gasteiger partial charge in [-0.1, -0.05) is 6.92 Å². The van der Waals surface area contributed by atoms with Gasteiger partial charge in [0.15, 0.2) is 0 Å². The Labute approximate surface area is 107 Å². The number of carbonyl (C=O) groups excluding carboxylic acids is 1. The molecule has 100 valence electrons. The number of amides is 1. The Kier molecular flexibility index (Phi) is 3.56. The summed E-state index contributed by atoms with van der Waals surface area (Å²) in [4.78, 5) is 16.2. The van der Waals surface area contributed by atoms with Crippen LogP contribution in [0.5, 0.6) is 0 Å². The third kappa shape index (κ3) is 2.64. The zero-order valence-electron chi connectivity index (χ0n) is 11.2. The molecule has 2 N–H and O–H groups in total. The Morgan fingerprint density at radius 3 is 2.78 bits per heavy atom. The van der Waals surface area contributed by atoms with E-state index < -0.39 is 0 Å². The van der Waals surface area contributed by atoms with Gasteiger partial charge < -0.3 is 15.5 Å². The molecule has 0 spiro atoms. The number of aromatic nitrogens is 2. The Morgan fingerprint density at radius 1 is 1.56 bits per heavy atom. The van der Waals surface area contributed by atoms with E-state index in [1.165, 1.54) is 0 Å². The first kappa shape index (κ1) is 12.9. The zero-order chi connectivity index (χ0) is 13.3. The average Bonchev–Trinajstić information content (AvgIpc) is 2.85. The van der Waals surface area contributed by atoms with Crippen molar-refractivity contribution in [2.45, 2.75) is 19.5 Å². The third-order valence-electron chi connectivity index (χ3n) is 3.55. The second kappa shape index (κ2) is 4.97. The van der Waals surface area contributed by atoms with Crippen LogP contribution in [0, 0.1) is 5.92 Å². The van der Waals surface area contributed by atoms with Gasteiger partial charge in [-0.15, -0.1) is 0 Å². The van der Waals surface area contributed by atoms with Gasteiger partial charge in [0.25, 0.3) is 0 Å². The maximum atomic E-state index is 12.1. The molecule has 6 nitrogen and oxygen atoms in total. The number of likely N-dealkylation sites (tertiary alicyclic amines) is 1. The van der Waals surface area contributed by atoms with Crippen LogP contribution in [-0.4, -0.2) is 58.7 Å². The molecule has 0 aliphatic carbocycles. The Hall–Kier alpha value is -1.56. The summed E-state index contributed by atoms with van der Waals surface area (Å²) in [7, 11) is 4.12. The van der Waals surface area contributed by atoms with Gasteiger partial charge in [0, 0.05) is 25.3 Å². The number of nitrogens with two attached hydrogens (primary N) is 1. The Bertz CT molecular complexity index is 428. The average molecular weight is 251 g/mol. The molecule has 0 saturated carbocycles. The number of rotatable bonds is 3. The van der Waals surface area contributed by atoms with E-state index in [4.69, 9.17) is 5.73 Å². The summed E-state index contributed by atoms with van der Waals surface area (Å²) in [6.07, 6.45) is 1.73. The monoisotopic (exact) mass is 251 g/mol. The van der Waals surface area contributed by atoms with Crippen LogP contribution >= 0.6 is 0 Å². The minimum atomic E-state index is 0.106. The molecule has 2 heterocycles. The minimum absolute atomic E-state index is 0.106. The van der Waals surface area contributed by atoms with Crippen LogP contribution in [0.3, 0.4) is 0 Å². The maximum Gasteiger partial charge on any atom is 0.244 e. The lowest BCUT2D eigenvalue weighted by Crippen LogP contribution is -2.36. The van der Waals surface area contributed by atoms with E-state index in [0.29, 0.717) is 17.8 Å². The standard InChI is InChI=1S/C12H21N5O/c1-9-6-16(7-10(9)15(2)3)12(18)8-17-5-4-11(13)14-17/h4-5,9-10H,6-8H2,1-3H3,(H2,13,14). The van der Waals surface area contributed by atoms with Gasteiger partial charge >= 0.3 is 0 Å². The molecule has 1 aromatic rings. The minimum Gasteiger partial charge on any atom is -0.382 e. The van der Waals surface area contributed by atoms with E-state index in [0.717, 1.165) is 13.1 Å². The lowest BCUT2D eigenvalue weighted by Gasteiger charge is -2.22. The first-order valence-electron chi connectivity index (χ1n) is 6.20. The van der Waals surface area contributed by atoms with Crippen molar-refractivity contribution in [3.05, 3.63) is 12.3 Å². The van der Waals surface area contributed by atoms with Crippen LogP contribution in [0.25, 0.3) is 0 Å². The number of likely N-dealkylation sites (N-methyl/N-ethyl adjacent to an activating group) is 1. The zero-order valence-corrected chi connectivity index (χ0v) is 11.2. The molecular formula is C12H21N5O. The second-order valence-electron chi connectivity index (χ2n) is 5.25. The normalized spacial score (nSPS) is 23.9. The fourth-order valence-corrected chi connectivity index (χ4v) is 2.53. The molecule has 1 aliphatic heterocycles. The number of nitrogen functional groups attached to an aromatic ring is 1. The lowest BCUT2D eigenvalue weighted by molar-refractivity contribution is -0.131. The predicted molar refractivity (Wildman–Crippen MR) is 69.9 cm³/mol. The van der Waals surface area contributed by atoms with Crippen molar-refractivity contribution in [2.75, 3.05) is 32.9 Å². The number of anilines is 1. The van der Waals surface area contributed by atoms with Crippen molar-refractivity contribution in [3.63, 3.8) is 0 Å². The molecule has 2 rings (SSSR count). The molecule has 1 aliphatic rings. The quantitative estimate of drug-likeness (QED) is 0.813. The number of nitrogens with zero attached hydrogens (tertiary/aromatic N) is 4. The van der Waals surface area contributed by atoms with Gasteiger partial charge in [0.2, 0.25) is 5.91 Å². The van der Waals surface area contributed by atoms with Crippen LogP contribution in [0.15, 0.2) is 12.3 Å². The maximum absolute atomic E-state index is 12.1. The highest BCUT2D eigenvalue weighted by Gasteiger charge is 2.33. The van der Waals surface area contributed by atoms with E-state index in [2.05, 4.69) is 31.0 Å². The van der Waals surface area contributed by atoms with Gasteiger partial charge in [0.05, 0.1) is 0 Å². The molecule has 18 heavy (non-hydrogen) atoms. The van der Waals surface area contributed by atoms with Crippen LogP contribution in [0.1, 0.15) is 6.92 Å². The third-order valence-corrected chi connectivity index (χ3v) is 3.55. The van der Waals surface area contributed by atoms with Crippen molar-refractivity contribution in [3.8, 4) is 0 Å². The van der Waals surface area contributed by atoms with Crippen LogP contribution in [0.4, 0.5) is 5.82 Å². The van der Waals surface area contributed by atoms with Gasteiger partial charge in [0.1, 0.15) is 12.4 Å². The molecule has 1 saturated heterocycles. The summed E-state index contributed by atoms with van der Waals surface area (Å²) in [5.74, 6) is 1.06. The highest BCUT2D eigenvalue weighted by Crippen LogP contribution is 2.20. The molecule has 1 aromatic heterocycles. The Morgan fingerprint density at radius 2 is 2.28 bits per heavy atom. The highest BCUT2D eigenvalue weighted by atomic mass is 16.2. The van der Waals surface area contributed by atoms with Gasteiger partial charge in [-0.2, -0.15) is 5.10 Å². The fourth-order valence-electron chi connectivity index (χ4n) is 2.53. The summed E-state index contributed by atoms with van der Waals surface area (Å²) >= 11 is 0. The van der Waals surface area contributed by atoms with Crippen molar-refractivity contribution in [1.29, 1.82) is 0 Å². The van der Waals surface area contributed by atoms with Crippen LogP contribution in [0.2, 0.25) is 0 Å². The van der Waals surface area contributed by atoms with E-state index >= 15 is 0 Å². The van der Waals surface area contributed by atoms with Gasteiger partial charge in [-0.25, -0.2) is 0 Å². The van der Waals surface area contributed by atoms with Gasteiger partial charge in [-0.3, -0.25) is 9.48 Å². The van der Waals surface area contributed by atoms with Crippen molar-refractivity contribution in [2.24, 2.45) is 5.92 Å². The summed E-state index contributed by atoms with van der Waals surface area (Å²) in [6.45, 7) is 4.07. The summed E-state index contributed by atoms with van der Waals surface area (Å²) in [5, 5.41) is 4.03. The summed E-state index contributed by atoms with van der Waals surface area (Å²) in [6, 6.07) is 2.14. The lowest BCUT2D eigenvalue weighted by atomic mass is 10.1. The first-order chi connectivity index (χ1) is 8.47. The van der Waals surface area contributed by atoms with Gasteiger partial charge in [-0.05, 0) is 26.1 Å². The number of carbonyl (C=O) groups is 1. The van der Waals surface area contributed by atoms with Crippen molar-refractivity contribution < 1.29 is 4.79 Å². The molecule has 1 amide bonds. The molecule has 2 unspecified atom stereocenters. The van der Waals surface area contributed by atoms with Crippen molar-refractivity contribution in [1.82, 2.24) is 19.6 Å². The highest BCUT2D eigenvalue weighted by molar-refractivity contribution is 5.76. The second-order valence-corrected chi connectivity index (χ2v) is 5.25. The smallest absolute Gasteiger partial charge is 0.244 e. The molecule has 0 aromatic carbocycles. The van der Waals surface area contributed by atoms with E-state index in [-0.39, 0.29) is 12.5 Å². The molecule has 2 atom stereocenters. The van der Waals surface area contributed by atoms with Crippen LogP contribution in [-0.2, 0) is 11.3 Å². The van der Waals surface area contributed by atoms with E-state index in [9.17, 15) is 4.79 Å². The van der Waals surface area contributed by atoms with E-state index in [1.54, 1.807) is 16.9 Å². The molecule has 1 fully saturated rings. The topological polar surface area (TPSA) is 67.4 Å². The molecule has 0 radical (unpaired) electrons. The fraction of sp³-hybridized carbons (Fsp3) is 0.667. The summed E-state index contributed by atoms with van der Waals surface area (Å²) < 4.78 is 1.59. The molecule has 0 bridgehead atoms. The SMILES string of the molecule is CC1CN(C(=O)Cn2ccc(N)n2)CC1N(C)C. The largest absolute Gasteiger partial charge is 0.382 e. The molecule has 6 heteroatoms. The van der Waals surface area contributed by atoms with E-state index in [1.807, 2.05) is 4.90 Å². The molecular weight excluding hydrogens is 230 g/mol. The first-order valence-corrected chi connectivity index (χ1v) is 6.20. The van der Waals surface area contributed by atoms with Crippen molar-refractivity contribution >= 4 is 11.7 Å². The number of hydrogen-bond donors (Lipinski definition) is 1. The summed E-state index contributed by atoms with van der Waals surface area (Å²) in [5.41, 5.74) is 5.53.